The van der Waals surface area contributed by atoms with E-state index in [-0.39, 0.29) is 19.1 Å². The SMILES string of the molecule is CCN(C)CCOP(=O)(O)O[C@@H]1CCCCCCCCCCCC/C=C/CC/C=C/C[C@@H](C)OC(=O)C1. The highest BCUT2D eigenvalue weighted by molar-refractivity contribution is 7.47. The summed E-state index contributed by atoms with van der Waals surface area (Å²) in [6, 6.07) is 0. The van der Waals surface area contributed by atoms with Crippen LogP contribution in [0.15, 0.2) is 24.3 Å². The third-order valence-electron chi connectivity index (χ3n) is 6.72. The van der Waals surface area contributed by atoms with Crippen LogP contribution in [0.5, 0.6) is 0 Å². The zero-order valence-electron chi connectivity index (χ0n) is 23.8. The summed E-state index contributed by atoms with van der Waals surface area (Å²) >= 11 is 0. The van der Waals surface area contributed by atoms with Crippen LogP contribution in [0, 0.1) is 0 Å². The summed E-state index contributed by atoms with van der Waals surface area (Å²) in [6.45, 7) is 5.31. The molecule has 216 valence electrons. The third kappa shape index (κ3) is 20.6. The summed E-state index contributed by atoms with van der Waals surface area (Å²) in [5, 5.41) is 0. The summed E-state index contributed by atoms with van der Waals surface area (Å²) in [5.41, 5.74) is 0. The summed E-state index contributed by atoms with van der Waals surface area (Å²) in [6.07, 6.45) is 24.0. The molecule has 8 heteroatoms. The predicted octanol–water partition coefficient (Wildman–Crippen LogP) is 7.74. The Morgan fingerprint density at radius 1 is 0.946 bits per heavy atom. The highest BCUT2D eigenvalue weighted by Crippen LogP contribution is 2.45. The quantitative estimate of drug-likeness (QED) is 0.200. The van der Waals surface area contributed by atoms with E-state index in [9.17, 15) is 14.3 Å². The number of allylic oxidation sites excluding steroid dienone is 3. The van der Waals surface area contributed by atoms with Crippen molar-refractivity contribution in [3.05, 3.63) is 24.3 Å². The molecule has 1 aliphatic rings. The number of phosphoric ester groups is 1. The summed E-state index contributed by atoms with van der Waals surface area (Å²) in [5.74, 6) is -0.408. The van der Waals surface area contributed by atoms with Gasteiger partial charge in [0.25, 0.3) is 0 Å². The molecule has 7 nitrogen and oxygen atoms in total. The molecule has 1 N–H and O–H groups in total. The van der Waals surface area contributed by atoms with Crippen molar-refractivity contribution in [3.8, 4) is 0 Å². The molecule has 3 atom stereocenters. The molecule has 0 aromatic heterocycles. The maximum atomic E-state index is 12.6. The summed E-state index contributed by atoms with van der Waals surface area (Å²) in [4.78, 5) is 24.8. The number of likely N-dealkylation sites (N-methyl/N-ethyl adjacent to an activating group) is 1. The largest absolute Gasteiger partial charge is 0.472 e. The van der Waals surface area contributed by atoms with Crippen LogP contribution in [0.2, 0.25) is 0 Å². The number of esters is 1. The highest BCUT2D eigenvalue weighted by Gasteiger charge is 2.29. The number of carbonyl (C=O) groups excluding carboxylic acids is 1. The number of hydrogen-bond acceptors (Lipinski definition) is 6. The first-order valence-corrected chi connectivity index (χ1v) is 16.2. The molecular weight excluding hydrogens is 489 g/mol. The number of phosphoric acid groups is 1. The number of rotatable bonds is 7. The Kier molecular flexibility index (Phi) is 20.2. The first kappa shape index (κ1) is 34.0. The normalized spacial score (nSPS) is 26.5. The van der Waals surface area contributed by atoms with Crippen LogP contribution >= 0.6 is 7.82 Å². The zero-order valence-corrected chi connectivity index (χ0v) is 24.7. The van der Waals surface area contributed by atoms with Crippen LogP contribution < -0.4 is 0 Å². The van der Waals surface area contributed by atoms with Crippen LogP contribution in [0.1, 0.15) is 117 Å². The van der Waals surface area contributed by atoms with Crippen molar-refractivity contribution in [2.24, 2.45) is 0 Å². The molecule has 0 aliphatic carbocycles. The van der Waals surface area contributed by atoms with Gasteiger partial charge in [-0.3, -0.25) is 13.8 Å². The summed E-state index contributed by atoms with van der Waals surface area (Å²) in [7, 11) is -2.35. The van der Waals surface area contributed by atoms with Gasteiger partial charge in [0.15, 0.2) is 0 Å². The lowest BCUT2D eigenvalue weighted by atomic mass is 10.0. The lowest BCUT2D eigenvalue weighted by molar-refractivity contribution is -0.150. The van der Waals surface area contributed by atoms with Crippen molar-refractivity contribution in [2.45, 2.75) is 129 Å². The number of hydrogen-bond donors (Lipinski definition) is 1. The molecule has 1 aliphatic heterocycles. The Morgan fingerprint density at radius 3 is 2.16 bits per heavy atom. The Balaban J connectivity index is 2.64. The molecule has 1 unspecified atom stereocenters. The first-order valence-electron chi connectivity index (χ1n) is 14.7. The molecule has 37 heavy (non-hydrogen) atoms. The van der Waals surface area contributed by atoms with Crippen molar-refractivity contribution >= 4 is 13.8 Å². The van der Waals surface area contributed by atoms with Gasteiger partial charge in [-0.05, 0) is 52.6 Å². The fourth-order valence-corrected chi connectivity index (χ4v) is 5.20. The Labute approximate surface area is 226 Å². The zero-order chi connectivity index (χ0) is 27.2. The second kappa shape index (κ2) is 21.9. The maximum absolute atomic E-state index is 12.6. The topological polar surface area (TPSA) is 85.3 Å². The number of ether oxygens (including phenoxy) is 1. The van der Waals surface area contributed by atoms with E-state index in [4.69, 9.17) is 13.8 Å². The minimum Gasteiger partial charge on any atom is -0.462 e. The Morgan fingerprint density at radius 2 is 1.51 bits per heavy atom. The van der Waals surface area contributed by atoms with Gasteiger partial charge in [0.05, 0.1) is 19.1 Å². The van der Waals surface area contributed by atoms with Gasteiger partial charge in [-0.15, -0.1) is 0 Å². The van der Waals surface area contributed by atoms with Gasteiger partial charge >= 0.3 is 13.8 Å². The number of nitrogens with zero attached hydrogens (tertiary/aromatic N) is 1. The molecular formula is C29H54NO6P. The minimum absolute atomic E-state index is 0.0539. The molecule has 0 aromatic rings. The van der Waals surface area contributed by atoms with E-state index in [2.05, 4.69) is 24.3 Å². The van der Waals surface area contributed by atoms with Gasteiger partial charge in [-0.1, -0.05) is 89.0 Å². The lowest BCUT2D eigenvalue weighted by Crippen LogP contribution is -2.24. The van der Waals surface area contributed by atoms with Gasteiger partial charge in [-0.2, -0.15) is 0 Å². The number of carbonyl (C=O) groups is 1. The fraction of sp³-hybridized carbons (Fsp3) is 0.828. The average Bonchev–Trinajstić information content (AvgIpc) is 2.84. The van der Waals surface area contributed by atoms with Crippen LogP contribution in [0.25, 0.3) is 0 Å². The van der Waals surface area contributed by atoms with Gasteiger partial charge < -0.3 is 14.5 Å². The van der Waals surface area contributed by atoms with Crippen molar-refractivity contribution < 1.29 is 28.0 Å². The average molecular weight is 544 g/mol. The Hall–Kier alpha value is -0.980. The van der Waals surface area contributed by atoms with E-state index in [1.165, 1.54) is 51.4 Å². The van der Waals surface area contributed by atoms with Crippen molar-refractivity contribution in [2.75, 3.05) is 26.7 Å². The molecule has 0 bridgehead atoms. The standard InChI is InChI=1S/C29H54NO6P/c1-4-30(3)24-25-34-37(32,33)36-28-23-21-19-17-15-13-11-9-7-5-6-8-10-12-14-16-18-20-22-27(2)35-29(31)26-28/h10,12,18,20,27-28H,4-9,11,13-17,19,21-26H2,1-3H3,(H,32,33)/b12-10+,20-18+/t27-,28-/m1/s1. The van der Waals surface area contributed by atoms with Crippen molar-refractivity contribution in [3.63, 3.8) is 0 Å². The molecule has 0 fully saturated rings. The van der Waals surface area contributed by atoms with E-state index >= 15 is 0 Å². The fourth-order valence-electron chi connectivity index (χ4n) is 4.27. The second-order valence-corrected chi connectivity index (χ2v) is 11.7. The molecule has 1 rings (SSSR count). The van der Waals surface area contributed by atoms with Crippen LogP contribution in [0.3, 0.4) is 0 Å². The van der Waals surface area contributed by atoms with Gasteiger partial charge in [0.2, 0.25) is 0 Å². The first-order chi connectivity index (χ1) is 17.8. The molecule has 0 amide bonds. The van der Waals surface area contributed by atoms with E-state index < -0.39 is 19.9 Å². The Bertz CT molecular complexity index is 683. The van der Waals surface area contributed by atoms with Crippen LogP contribution in [0.4, 0.5) is 0 Å². The molecule has 0 radical (unpaired) electrons. The van der Waals surface area contributed by atoms with Crippen LogP contribution in [-0.2, 0) is 23.1 Å². The van der Waals surface area contributed by atoms with Gasteiger partial charge in [0, 0.05) is 13.0 Å². The summed E-state index contributed by atoms with van der Waals surface area (Å²) < 4.78 is 28.7. The van der Waals surface area contributed by atoms with E-state index in [0.717, 1.165) is 38.6 Å². The van der Waals surface area contributed by atoms with E-state index in [0.29, 0.717) is 19.4 Å². The molecule has 0 aromatic carbocycles. The maximum Gasteiger partial charge on any atom is 0.472 e. The predicted molar refractivity (Wildman–Crippen MR) is 152 cm³/mol. The molecule has 0 saturated heterocycles. The molecule has 1 heterocycles. The van der Waals surface area contributed by atoms with Crippen molar-refractivity contribution in [1.82, 2.24) is 4.90 Å². The van der Waals surface area contributed by atoms with Crippen LogP contribution in [-0.4, -0.2) is 54.7 Å². The van der Waals surface area contributed by atoms with E-state index in [1.54, 1.807) is 0 Å². The van der Waals surface area contributed by atoms with E-state index in [1.807, 2.05) is 25.8 Å². The number of cyclic esters (lactones) is 1. The second-order valence-electron chi connectivity index (χ2n) is 10.3. The third-order valence-corrected chi connectivity index (χ3v) is 7.80. The van der Waals surface area contributed by atoms with Gasteiger partial charge in [0.1, 0.15) is 6.10 Å². The highest BCUT2D eigenvalue weighted by atomic mass is 31.2. The monoisotopic (exact) mass is 543 g/mol. The molecule has 0 spiro atoms. The van der Waals surface area contributed by atoms with Gasteiger partial charge in [-0.25, -0.2) is 4.57 Å². The minimum atomic E-state index is -4.26. The molecule has 0 saturated carbocycles. The smallest absolute Gasteiger partial charge is 0.462 e. The lowest BCUT2D eigenvalue weighted by Gasteiger charge is -2.22. The van der Waals surface area contributed by atoms with Crippen molar-refractivity contribution in [1.29, 1.82) is 0 Å².